The third kappa shape index (κ3) is 12.7. The van der Waals surface area contributed by atoms with Crippen molar-refractivity contribution in [1.29, 1.82) is 0 Å². The maximum Gasteiger partial charge on any atom is 4.00 e. The zero-order chi connectivity index (χ0) is 16.6. The van der Waals surface area contributed by atoms with Crippen molar-refractivity contribution in [3.05, 3.63) is 71.8 Å². The SMILES string of the molecule is O=P([O-])([O-])Cc1ccccc1.O=P([O-])([O-])Cc1ccccc1.[Pb+4]. The molecule has 0 amide bonds. The second kappa shape index (κ2) is 10.5. The first-order valence-electron chi connectivity index (χ1n) is 6.26. The molecule has 0 aliphatic rings. The van der Waals surface area contributed by atoms with Crippen molar-refractivity contribution in [2.24, 2.45) is 0 Å². The van der Waals surface area contributed by atoms with Crippen LogP contribution in [-0.4, -0.2) is 27.3 Å². The van der Waals surface area contributed by atoms with Crippen LogP contribution in [-0.2, 0) is 21.5 Å². The molecule has 0 aliphatic carbocycles. The van der Waals surface area contributed by atoms with Gasteiger partial charge in [0.2, 0.25) is 0 Å². The topological polar surface area (TPSA) is 126 Å². The number of benzene rings is 2. The summed E-state index contributed by atoms with van der Waals surface area (Å²) in [5, 5.41) is 0. The maximum atomic E-state index is 10.3. The van der Waals surface area contributed by atoms with Gasteiger partial charge in [0.25, 0.3) is 0 Å². The minimum atomic E-state index is -4.39. The molecule has 6 nitrogen and oxygen atoms in total. The van der Waals surface area contributed by atoms with Crippen molar-refractivity contribution in [1.82, 2.24) is 0 Å². The molecular weight excluding hydrogens is 533 g/mol. The van der Waals surface area contributed by atoms with Gasteiger partial charge in [0.15, 0.2) is 0 Å². The molecule has 23 heavy (non-hydrogen) atoms. The molecule has 9 heteroatoms. The van der Waals surface area contributed by atoms with Crippen LogP contribution in [0.1, 0.15) is 11.1 Å². The van der Waals surface area contributed by atoms with E-state index in [0.717, 1.165) is 0 Å². The molecule has 0 saturated heterocycles. The van der Waals surface area contributed by atoms with Crippen LogP contribution in [0.4, 0.5) is 0 Å². The monoisotopic (exact) mass is 548 g/mol. The maximum absolute atomic E-state index is 10.3. The fourth-order valence-corrected chi connectivity index (χ4v) is 2.93. The number of hydrogen-bond acceptors (Lipinski definition) is 6. The van der Waals surface area contributed by atoms with E-state index in [1.807, 2.05) is 0 Å². The molecule has 0 radical (unpaired) electrons. The fraction of sp³-hybridized carbons (Fsp3) is 0.143. The molecule has 0 aliphatic heterocycles. The molecule has 0 spiro atoms. The molecular formula is C14H14O6P2Pb. The Balaban J connectivity index is 0.000000403. The van der Waals surface area contributed by atoms with Crippen LogP contribution < -0.4 is 19.6 Å². The Labute approximate surface area is 155 Å². The van der Waals surface area contributed by atoms with Crippen molar-refractivity contribution in [2.45, 2.75) is 12.3 Å². The molecule has 0 N–H and O–H groups in total. The summed E-state index contributed by atoms with van der Waals surface area (Å²) in [7, 11) is -8.78. The summed E-state index contributed by atoms with van der Waals surface area (Å²) in [5.41, 5.74) is 1.08. The Hall–Kier alpha value is -0.338. The molecule has 0 unspecified atom stereocenters. The Morgan fingerprint density at radius 2 is 0.870 bits per heavy atom. The van der Waals surface area contributed by atoms with Gasteiger partial charge in [0.1, 0.15) is 0 Å². The normalized spacial score (nSPS) is 11.0. The third-order valence-electron chi connectivity index (χ3n) is 2.44. The van der Waals surface area contributed by atoms with E-state index in [9.17, 15) is 28.7 Å². The molecule has 0 heterocycles. The average molecular weight is 547 g/mol. The van der Waals surface area contributed by atoms with Gasteiger partial charge in [0, 0.05) is 12.3 Å². The van der Waals surface area contributed by atoms with Gasteiger partial charge < -0.3 is 28.7 Å². The number of hydrogen-bond donors (Lipinski definition) is 0. The van der Waals surface area contributed by atoms with Gasteiger partial charge in [-0.2, -0.15) is 0 Å². The summed E-state index contributed by atoms with van der Waals surface area (Å²) in [6.07, 6.45) is -0.790. The second-order valence-electron chi connectivity index (χ2n) is 4.51. The van der Waals surface area contributed by atoms with Crippen LogP contribution in [0, 0.1) is 0 Å². The fourth-order valence-electron chi connectivity index (χ4n) is 1.61. The standard InChI is InChI=1S/2C7H9O3P.Pb/c2*8-11(9,10)6-7-4-2-1-3-5-7;/h2*1-5H,6H2,(H2,8,9,10);/q;;+4/p-4. The van der Waals surface area contributed by atoms with Gasteiger partial charge in [-0.05, 0) is 11.1 Å². The van der Waals surface area contributed by atoms with E-state index in [1.54, 1.807) is 60.7 Å². The van der Waals surface area contributed by atoms with Gasteiger partial charge in [-0.1, -0.05) is 75.9 Å². The predicted octanol–water partition coefficient (Wildman–Crippen LogP) is -0.180. The van der Waals surface area contributed by atoms with Crippen molar-refractivity contribution in [3.8, 4) is 0 Å². The minimum absolute atomic E-state index is 0. The van der Waals surface area contributed by atoms with Gasteiger partial charge in [-0.15, -0.1) is 0 Å². The van der Waals surface area contributed by atoms with Gasteiger partial charge >= 0.3 is 27.3 Å². The largest absolute Gasteiger partial charge is 4.00 e. The van der Waals surface area contributed by atoms with Crippen LogP contribution in [0.15, 0.2) is 60.7 Å². The van der Waals surface area contributed by atoms with E-state index in [4.69, 9.17) is 0 Å². The van der Waals surface area contributed by atoms with Gasteiger partial charge in [0.05, 0.1) is 0 Å². The van der Waals surface area contributed by atoms with Crippen LogP contribution in [0.5, 0.6) is 0 Å². The van der Waals surface area contributed by atoms with Crippen LogP contribution in [0.25, 0.3) is 0 Å². The van der Waals surface area contributed by atoms with Crippen molar-refractivity contribution in [2.75, 3.05) is 0 Å². The van der Waals surface area contributed by atoms with E-state index in [1.165, 1.54) is 0 Å². The molecule has 0 fully saturated rings. The molecule has 2 aromatic carbocycles. The molecule has 0 bridgehead atoms. The summed E-state index contributed by atoms with van der Waals surface area (Å²) < 4.78 is 20.5. The summed E-state index contributed by atoms with van der Waals surface area (Å²) in [6, 6.07) is 16.8. The summed E-state index contributed by atoms with van der Waals surface area (Å²) in [6.45, 7) is 0. The summed E-state index contributed by atoms with van der Waals surface area (Å²) >= 11 is 0. The summed E-state index contributed by atoms with van der Waals surface area (Å²) in [5.74, 6) is 0. The molecule has 120 valence electrons. The first-order valence-corrected chi connectivity index (χ1v) is 9.71. The van der Waals surface area contributed by atoms with Gasteiger partial charge in [-0.25, -0.2) is 0 Å². The van der Waals surface area contributed by atoms with Crippen molar-refractivity contribution < 1.29 is 28.7 Å². The smallest absolute Gasteiger partial charge is 0.810 e. The zero-order valence-corrected chi connectivity index (χ0v) is 17.7. The Morgan fingerprint density at radius 1 is 0.609 bits per heavy atom. The average Bonchev–Trinajstić information content (AvgIpc) is 2.38. The summed E-state index contributed by atoms with van der Waals surface area (Å²) in [4.78, 5) is 41.1. The van der Waals surface area contributed by atoms with Crippen LogP contribution >= 0.6 is 15.2 Å². The van der Waals surface area contributed by atoms with E-state index >= 15 is 0 Å². The van der Waals surface area contributed by atoms with E-state index in [0.29, 0.717) is 11.1 Å². The predicted molar refractivity (Wildman–Crippen MR) is 81.3 cm³/mol. The Morgan fingerprint density at radius 3 is 1.09 bits per heavy atom. The first-order chi connectivity index (χ1) is 10.2. The molecule has 0 saturated carbocycles. The van der Waals surface area contributed by atoms with E-state index in [2.05, 4.69) is 0 Å². The van der Waals surface area contributed by atoms with Crippen molar-refractivity contribution >= 4 is 42.5 Å². The molecule has 0 aromatic heterocycles. The Kier molecular flexibility index (Phi) is 10.4. The molecule has 2 aromatic rings. The third-order valence-corrected chi connectivity index (χ3v) is 3.94. The molecule has 0 atom stereocenters. The van der Waals surface area contributed by atoms with Crippen LogP contribution in [0.3, 0.4) is 0 Å². The quantitative estimate of drug-likeness (QED) is 0.386. The number of rotatable bonds is 4. The minimum Gasteiger partial charge on any atom is -0.810 e. The van der Waals surface area contributed by atoms with Crippen molar-refractivity contribution in [3.63, 3.8) is 0 Å². The van der Waals surface area contributed by atoms with Crippen LogP contribution in [0.2, 0.25) is 0 Å². The zero-order valence-electron chi connectivity index (χ0n) is 12.0. The van der Waals surface area contributed by atoms with E-state index < -0.39 is 27.5 Å². The van der Waals surface area contributed by atoms with Gasteiger partial charge in [-0.3, -0.25) is 0 Å². The first kappa shape index (κ1) is 22.7. The molecule has 2 rings (SSSR count). The second-order valence-corrected chi connectivity index (χ2v) is 7.59. The van der Waals surface area contributed by atoms with E-state index in [-0.39, 0.29) is 27.3 Å². The Bertz CT molecular complexity index is 594.